The van der Waals surface area contributed by atoms with E-state index in [9.17, 15) is 32.3 Å². The highest BCUT2D eigenvalue weighted by Gasteiger charge is 2.39. The quantitative estimate of drug-likeness (QED) is 0.0609. The highest BCUT2D eigenvalue weighted by molar-refractivity contribution is 6.31. The summed E-state index contributed by atoms with van der Waals surface area (Å²) < 4.78 is 45.9. The van der Waals surface area contributed by atoms with E-state index in [4.69, 9.17) is 47.6 Å². The number of carbonyl (C=O) groups is 7. The Kier molecular flexibility index (Phi) is 25.4. The summed E-state index contributed by atoms with van der Waals surface area (Å²) >= 11 is 12.9. The van der Waals surface area contributed by atoms with E-state index in [2.05, 4.69) is 25.4 Å². The molecule has 2 fully saturated rings. The second-order valence-electron chi connectivity index (χ2n) is 21.6. The highest BCUT2D eigenvalue weighted by Crippen LogP contribution is 2.33. The Morgan fingerprint density at radius 1 is 0.802 bits per heavy atom. The summed E-state index contributed by atoms with van der Waals surface area (Å²) in [6.45, 7) is 6.11. The van der Waals surface area contributed by atoms with Crippen LogP contribution in [0.1, 0.15) is 81.3 Å². The number of alkyl halides is 3. The fraction of sp³-hybridized carbons (Fsp3) is 0.452. The number of unbranched alkanes of at least 4 members (excludes halogenated alkanes) is 1. The number of aliphatic carboxylic acids is 1. The van der Waals surface area contributed by atoms with Gasteiger partial charge < -0.3 is 49.8 Å². The fourth-order valence-electron chi connectivity index (χ4n) is 10.3. The third kappa shape index (κ3) is 20.0. The number of nitrogens with zero attached hydrogens (tertiary/aromatic N) is 6. The molecular weight excluding hydrogens is 1160 g/mol. The topological polar surface area (TPSA) is 225 Å². The van der Waals surface area contributed by atoms with Crippen molar-refractivity contribution < 1.29 is 61.3 Å². The maximum Gasteiger partial charge on any atom is 0.490 e. The van der Waals surface area contributed by atoms with E-state index in [1.165, 1.54) is 36.7 Å². The lowest BCUT2D eigenvalue weighted by Crippen LogP contribution is -2.57. The van der Waals surface area contributed by atoms with Crippen LogP contribution in [-0.2, 0) is 71.3 Å². The van der Waals surface area contributed by atoms with Crippen molar-refractivity contribution in [3.8, 4) is 22.8 Å². The summed E-state index contributed by atoms with van der Waals surface area (Å²) in [5, 5.41) is 16.8. The average Bonchev–Trinajstić information content (AvgIpc) is 3.86. The van der Waals surface area contributed by atoms with Gasteiger partial charge >= 0.3 is 12.1 Å². The number of hydrogen-bond acceptors (Lipinski definition) is 11. The van der Waals surface area contributed by atoms with Crippen LogP contribution in [0.2, 0.25) is 10.0 Å². The minimum Gasteiger partial charge on any atom is -0.475 e. The number of benzene rings is 4. The molecule has 0 bridgehead atoms. The van der Waals surface area contributed by atoms with Crippen LogP contribution in [0.15, 0.2) is 103 Å². The number of amides is 6. The molecule has 2 aliphatic rings. The molecular formula is C62H76Cl2F3N9O10. The zero-order chi connectivity index (χ0) is 62.7. The van der Waals surface area contributed by atoms with Crippen LogP contribution < -0.4 is 20.7 Å². The van der Waals surface area contributed by atoms with E-state index >= 15 is 9.59 Å². The number of methoxy groups -OCH3 is 1. The summed E-state index contributed by atoms with van der Waals surface area (Å²) in [6, 6.07) is 25.6. The predicted octanol–water partition coefficient (Wildman–Crippen LogP) is 8.24. The summed E-state index contributed by atoms with van der Waals surface area (Å²) in [5.41, 5.74) is 4.08. The molecule has 4 N–H and O–H groups in total. The maximum absolute atomic E-state index is 15.3. The molecule has 0 aliphatic carbocycles. The smallest absolute Gasteiger partial charge is 0.475 e. The molecule has 7 rings (SSSR count). The largest absolute Gasteiger partial charge is 0.490 e. The van der Waals surface area contributed by atoms with Gasteiger partial charge in [0.15, 0.2) is 0 Å². The van der Waals surface area contributed by atoms with E-state index < -0.39 is 60.0 Å². The van der Waals surface area contributed by atoms with Gasteiger partial charge in [0.05, 0.1) is 37.5 Å². The second-order valence-corrected chi connectivity index (χ2v) is 22.5. The van der Waals surface area contributed by atoms with Crippen LogP contribution in [0.4, 0.5) is 13.2 Å². The molecule has 1 aromatic heterocycles. The number of rotatable bonds is 18. The fourth-order valence-corrected chi connectivity index (χ4v) is 10.6. The molecule has 86 heavy (non-hydrogen) atoms. The van der Waals surface area contributed by atoms with Crippen molar-refractivity contribution in [3.05, 3.63) is 136 Å². The van der Waals surface area contributed by atoms with Crippen molar-refractivity contribution in [2.45, 2.75) is 115 Å². The van der Waals surface area contributed by atoms with Gasteiger partial charge in [0.25, 0.3) is 0 Å². The van der Waals surface area contributed by atoms with Crippen molar-refractivity contribution in [3.63, 3.8) is 0 Å². The molecule has 2 saturated heterocycles. The third-order valence-corrected chi connectivity index (χ3v) is 15.8. The molecule has 5 aromatic rings. The van der Waals surface area contributed by atoms with Crippen LogP contribution in [0.3, 0.4) is 0 Å². The Hall–Kier alpha value is -7.53. The Balaban J connectivity index is 0.00000159. The predicted molar refractivity (Wildman–Crippen MR) is 319 cm³/mol. The van der Waals surface area contributed by atoms with Crippen molar-refractivity contribution in [2.24, 2.45) is 13.0 Å². The molecule has 0 saturated carbocycles. The molecule has 5 atom stereocenters. The molecule has 3 heterocycles. The number of carbonyl (C=O) groups excluding carboxylic acids is 6. The van der Waals surface area contributed by atoms with Crippen molar-refractivity contribution in [1.82, 2.24) is 45.1 Å². The standard InChI is InChI=1S/C60H75Cl2N9O8.C2HF3O2/c1-40-58(75)66-52(39-78-6)60(77)68(4)50(31-43-17-22-47(61)23-18-43)34-56(73)65-35-49(16-10-11-27-63-41(2)72)67(3)59(76)46(30-42-14-8-7-9-15-42)32-57(74)71(40)37-45-19-24-48(62)33-54(45)79-51-25-20-44(21-26-51)53-36-64-55(69(53)5)38-70-28-12-13-29-70;3-2(4,5)1(6)7/h7-9,14-15,17-26,33,36,40,46,49-50,52H,10-13,16,27-32,34-35,37-39H2,1-6H3,(H,63,72)(H,65,73)(H,66,75);(H,6,7)/t40-,46+,49-,50-,52-;/m0./s1. The lowest BCUT2D eigenvalue weighted by atomic mass is 9.92. The number of carboxylic acids is 1. The molecule has 0 spiro atoms. The first kappa shape index (κ1) is 67.6. The highest BCUT2D eigenvalue weighted by atomic mass is 35.5. The monoisotopic (exact) mass is 1230 g/mol. The number of halogens is 5. The summed E-state index contributed by atoms with van der Waals surface area (Å²) in [5.74, 6) is -4.34. The van der Waals surface area contributed by atoms with Crippen LogP contribution in [0.5, 0.6) is 11.5 Å². The number of likely N-dealkylation sites (N-methyl/N-ethyl adjacent to an activating group) is 2. The van der Waals surface area contributed by atoms with Gasteiger partial charge in [0.2, 0.25) is 35.4 Å². The van der Waals surface area contributed by atoms with Gasteiger partial charge in [-0.3, -0.25) is 33.7 Å². The van der Waals surface area contributed by atoms with E-state index in [1.54, 1.807) is 56.3 Å². The maximum atomic E-state index is 15.3. The number of aromatic nitrogens is 2. The number of imidazole rings is 1. The first-order valence-electron chi connectivity index (χ1n) is 28.4. The molecule has 0 radical (unpaired) electrons. The second kappa shape index (κ2) is 32.3. The number of ether oxygens (including phenoxy) is 2. The molecule has 4 aromatic carbocycles. The Labute approximate surface area is 509 Å². The number of likely N-dealkylation sites (tertiary alicyclic amines) is 1. The number of hydrogen-bond donors (Lipinski definition) is 4. The van der Waals surface area contributed by atoms with E-state index in [-0.39, 0.29) is 63.1 Å². The van der Waals surface area contributed by atoms with Gasteiger partial charge in [-0.15, -0.1) is 0 Å². The first-order chi connectivity index (χ1) is 40.9. The van der Waals surface area contributed by atoms with Gasteiger partial charge in [-0.05, 0) is 125 Å². The minimum absolute atomic E-state index is 0.0786. The van der Waals surface area contributed by atoms with Crippen LogP contribution in [0, 0.1) is 5.92 Å². The number of carboxylic acid groups (broad SMARTS) is 1. The van der Waals surface area contributed by atoms with Crippen molar-refractivity contribution in [2.75, 3.05) is 54.0 Å². The lowest BCUT2D eigenvalue weighted by molar-refractivity contribution is -0.192. The molecule has 0 unspecified atom stereocenters. The Morgan fingerprint density at radius 2 is 1.44 bits per heavy atom. The van der Waals surface area contributed by atoms with E-state index in [0.717, 1.165) is 47.8 Å². The average molecular weight is 1240 g/mol. The normalized spacial score (nSPS) is 19.7. The third-order valence-electron chi connectivity index (χ3n) is 15.3. The van der Waals surface area contributed by atoms with Crippen LogP contribution in [-0.4, -0.2) is 160 Å². The molecule has 2 aliphatic heterocycles. The molecule has 464 valence electrons. The summed E-state index contributed by atoms with van der Waals surface area (Å²) in [7, 11) is 6.70. The van der Waals surface area contributed by atoms with Gasteiger partial charge in [-0.1, -0.05) is 71.7 Å². The zero-order valence-electron chi connectivity index (χ0n) is 49.2. The van der Waals surface area contributed by atoms with E-state index in [0.29, 0.717) is 52.9 Å². The van der Waals surface area contributed by atoms with Gasteiger partial charge in [0, 0.05) is 94.4 Å². The minimum atomic E-state index is -5.08. The van der Waals surface area contributed by atoms with Gasteiger partial charge in [-0.25, -0.2) is 9.78 Å². The lowest BCUT2D eigenvalue weighted by Gasteiger charge is -2.35. The molecule has 19 nitrogen and oxygen atoms in total. The van der Waals surface area contributed by atoms with Crippen LogP contribution >= 0.6 is 23.2 Å². The molecule has 24 heteroatoms. The van der Waals surface area contributed by atoms with Gasteiger partial charge in [-0.2, -0.15) is 13.2 Å². The first-order valence-corrected chi connectivity index (χ1v) is 29.2. The zero-order valence-corrected chi connectivity index (χ0v) is 50.7. The van der Waals surface area contributed by atoms with Crippen molar-refractivity contribution >= 4 is 64.6 Å². The summed E-state index contributed by atoms with van der Waals surface area (Å²) in [6.07, 6.45) is 0.945. The Morgan fingerprint density at radius 3 is 2.08 bits per heavy atom. The van der Waals surface area contributed by atoms with Crippen molar-refractivity contribution in [1.29, 1.82) is 0 Å². The van der Waals surface area contributed by atoms with Crippen LogP contribution in [0.25, 0.3) is 11.3 Å². The Bertz CT molecular complexity index is 3090. The van der Waals surface area contributed by atoms with E-state index in [1.807, 2.05) is 80.0 Å². The summed E-state index contributed by atoms with van der Waals surface area (Å²) in [4.78, 5) is 106. The number of nitrogens with one attached hydrogen (secondary N) is 3. The van der Waals surface area contributed by atoms with Gasteiger partial charge in [0.1, 0.15) is 29.4 Å². The SMILES string of the molecule is COC[C@@H]1NC(=O)[C@H](C)N(Cc2ccc(Cl)cc2Oc2ccc(-c3cnc(CN4CCCC4)n3C)cc2)C(=O)C[C@@H](Cc2ccccc2)C(=O)N(C)[C@@H](CCCCNC(C)=O)CNC(=O)C[C@H](Cc2ccc(Cl)cc2)N(C)C1=O.O=C(O)C(F)(F)F. The molecule has 6 amide bonds.